The number of likely N-dealkylation sites (N-methyl/N-ethyl adjacent to an activating group) is 1. The second-order valence-corrected chi connectivity index (χ2v) is 3.56. The Morgan fingerprint density at radius 1 is 1.11 bits per heavy atom. The van der Waals surface area contributed by atoms with E-state index in [1.807, 2.05) is 0 Å². The van der Waals surface area contributed by atoms with Crippen LogP contribution in [0.15, 0.2) is 0 Å². The standard InChI is InChI=1S/C7H18N2/c1-7(2,3)9-6-5-8-4/h8-9H,5-6H2,1-4H3/p+2. The van der Waals surface area contributed by atoms with Crippen molar-refractivity contribution in [3.63, 3.8) is 0 Å². The summed E-state index contributed by atoms with van der Waals surface area (Å²) in [6.45, 7) is 9.16. The second-order valence-electron chi connectivity index (χ2n) is 3.56. The molecular weight excluding hydrogens is 112 g/mol. The van der Waals surface area contributed by atoms with Crippen molar-refractivity contribution < 1.29 is 10.6 Å². The molecule has 0 aliphatic rings. The molecule has 0 fully saturated rings. The van der Waals surface area contributed by atoms with Crippen LogP contribution in [-0.4, -0.2) is 25.7 Å². The lowest BCUT2D eigenvalue weighted by molar-refractivity contribution is -0.751. The van der Waals surface area contributed by atoms with E-state index < -0.39 is 0 Å². The van der Waals surface area contributed by atoms with Gasteiger partial charge in [-0.25, -0.2) is 0 Å². The molecule has 0 atom stereocenters. The van der Waals surface area contributed by atoms with Crippen LogP contribution in [0.1, 0.15) is 20.8 Å². The molecule has 0 rings (SSSR count). The Kier molecular flexibility index (Phi) is 3.82. The predicted octanol–water partition coefficient (Wildman–Crippen LogP) is -1.46. The van der Waals surface area contributed by atoms with Crippen molar-refractivity contribution in [3.8, 4) is 0 Å². The number of quaternary nitrogens is 2. The summed E-state index contributed by atoms with van der Waals surface area (Å²) in [6, 6.07) is 0. The van der Waals surface area contributed by atoms with Crippen molar-refractivity contribution in [2.24, 2.45) is 0 Å². The highest BCUT2D eigenvalue weighted by Gasteiger charge is 2.11. The van der Waals surface area contributed by atoms with Gasteiger partial charge in [-0.2, -0.15) is 0 Å². The van der Waals surface area contributed by atoms with Gasteiger partial charge < -0.3 is 10.6 Å². The average Bonchev–Trinajstić information content (AvgIpc) is 1.63. The first-order valence-electron chi connectivity index (χ1n) is 3.68. The minimum absolute atomic E-state index is 0.406. The van der Waals surface area contributed by atoms with Crippen LogP contribution in [0.2, 0.25) is 0 Å². The molecule has 0 unspecified atom stereocenters. The Bertz CT molecular complexity index is 63.8. The van der Waals surface area contributed by atoms with Gasteiger partial charge >= 0.3 is 0 Å². The molecule has 56 valence electrons. The molecule has 0 aliphatic carbocycles. The van der Waals surface area contributed by atoms with E-state index in [9.17, 15) is 0 Å². The maximum Gasteiger partial charge on any atom is 0.126 e. The first kappa shape index (κ1) is 8.92. The summed E-state index contributed by atoms with van der Waals surface area (Å²) in [6.07, 6.45) is 0. The zero-order chi connectivity index (χ0) is 7.33. The SMILES string of the molecule is C[NH2+]CC[NH2+]C(C)(C)C. The molecule has 0 aromatic carbocycles. The van der Waals surface area contributed by atoms with Crippen LogP contribution >= 0.6 is 0 Å². The van der Waals surface area contributed by atoms with Gasteiger partial charge in [0.05, 0.1) is 12.6 Å². The van der Waals surface area contributed by atoms with E-state index in [1.165, 1.54) is 13.1 Å². The van der Waals surface area contributed by atoms with Gasteiger partial charge in [0.1, 0.15) is 13.1 Å². The van der Waals surface area contributed by atoms with Crippen LogP contribution in [0.5, 0.6) is 0 Å². The fourth-order valence-corrected chi connectivity index (χ4v) is 0.683. The Balaban J connectivity index is 3.07. The first-order chi connectivity index (χ1) is 4.06. The first-order valence-corrected chi connectivity index (χ1v) is 3.68. The topological polar surface area (TPSA) is 33.2 Å². The second kappa shape index (κ2) is 3.85. The molecule has 0 aromatic rings. The molecule has 0 aliphatic heterocycles. The van der Waals surface area contributed by atoms with Gasteiger partial charge in [0.25, 0.3) is 0 Å². The van der Waals surface area contributed by atoms with Crippen LogP contribution in [0.4, 0.5) is 0 Å². The Hall–Kier alpha value is -0.0800. The molecule has 0 radical (unpaired) electrons. The normalized spacial score (nSPS) is 12.0. The summed E-state index contributed by atoms with van der Waals surface area (Å²) in [5.41, 5.74) is 0.406. The molecule has 0 aromatic heterocycles. The molecule has 0 saturated carbocycles. The van der Waals surface area contributed by atoms with Crippen molar-refractivity contribution in [2.75, 3.05) is 20.1 Å². The van der Waals surface area contributed by atoms with Gasteiger partial charge in [0, 0.05) is 0 Å². The van der Waals surface area contributed by atoms with Crippen LogP contribution in [0, 0.1) is 0 Å². The van der Waals surface area contributed by atoms with E-state index in [0.717, 1.165) is 0 Å². The summed E-state index contributed by atoms with van der Waals surface area (Å²) in [4.78, 5) is 0. The summed E-state index contributed by atoms with van der Waals surface area (Å²) in [5, 5.41) is 4.58. The monoisotopic (exact) mass is 132 g/mol. The lowest BCUT2D eigenvalue weighted by atomic mass is 10.1. The molecule has 2 nitrogen and oxygen atoms in total. The average molecular weight is 132 g/mol. The third-order valence-electron chi connectivity index (χ3n) is 1.21. The zero-order valence-corrected chi connectivity index (χ0v) is 7.07. The fourth-order valence-electron chi connectivity index (χ4n) is 0.683. The van der Waals surface area contributed by atoms with Crippen molar-refractivity contribution in [3.05, 3.63) is 0 Å². The summed E-state index contributed by atoms with van der Waals surface area (Å²) < 4.78 is 0. The van der Waals surface area contributed by atoms with Gasteiger partial charge in [-0.1, -0.05) is 0 Å². The van der Waals surface area contributed by atoms with E-state index in [-0.39, 0.29) is 0 Å². The minimum Gasteiger partial charge on any atom is -0.344 e. The number of rotatable bonds is 3. The van der Waals surface area contributed by atoms with E-state index in [1.54, 1.807) is 0 Å². The minimum atomic E-state index is 0.406. The molecule has 0 amide bonds. The van der Waals surface area contributed by atoms with E-state index in [4.69, 9.17) is 0 Å². The van der Waals surface area contributed by atoms with Gasteiger partial charge in [0.2, 0.25) is 0 Å². The van der Waals surface area contributed by atoms with Crippen LogP contribution < -0.4 is 10.6 Å². The van der Waals surface area contributed by atoms with E-state index in [0.29, 0.717) is 5.54 Å². The zero-order valence-electron chi connectivity index (χ0n) is 7.07. The van der Waals surface area contributed by atoms with Crippen LogP contribution in [0.3, 0.4) is 0 Å². The fraction of sp³-hybridized carbons (Fsp3) is 1.00. The lowest BCUT2D eigenvalue weighted by Crippen LogP contribution is -2.99. The Labute approximate surface area is 58.0 Å². The molecule has 0 spiro atoms. The van der Waals surface area contributed by atoms with Crippen molar-refractivity contribution in [1.82, 2.24) is 0 Å². The van der Waals surface area contributed by atoms with Crippen molar-refractivity contribution in [1.29, 1.82) is 0 Å². The van der Waals surface area contributed by atoms with Gasteiger partial charge in [-0.05, 0) is 20.8 Å². The highest BCUT2D eigenvalue weighted by molar-refractivity contribution is 4.51. The maximum absolute atomic E-state index is 2.37. The third-order valence-corrected chi connectivity index (χ3v) is 1.21. The molecule has 4 N–H and O–H groups in total. The Morgan fingerprint density at radius 2 is 1.67 bits per heavy atom. The van der Waals surface area contributed by atoms with Crippen molar-refractivity contribution >= 4 is 0 Å². The largest absolute Gasteiger partial charge is 0.344 e. The number of hydrogen-bond donors (Lipinski definition) is 2. The molecule has 0 saturated heterocycles. The quantitative estimate of drug-likeness (QED) is 0.440. The summed E-state index contributed by atoms with van der Waals surface area (Å²) >= 11 is 0. The van der Waals surface area contributed by atoms with E-state index in [2.05, 4.69) is 38.5 Å². The number of hydrogen-bond acceptors (Lipinski definition) is 0. The lowest BCUT2D eigenvalue weighted by Gasteiger charge is -2.15. The smallest absolute Gasteiger partial charge is 0.126 e. The third kappa shape index (κ3) is 7.92. The molecule has 2 heteroatoms. The Morgan fingerprint density at radius 3 is 2.00 bits per heavy atom. The molecular formula is C7H20N2+2. The molecule has 0 heterocycles. The van der Waals surface area contributed by atoms with Crippen LogP contribution in [0.25, 0.3) is 0 Å². The predicted molar refractivity (Wildman–Crippen MR) is 39.3 cm³/mol. The highest BCUT2D eigenvalue weighted by atomic mass is 15.0. The summed E-state index contributed by atoms with van der Waals surface area (Å²) in [5.74, 6) is 0. The maximum atomic E-state index is 2.37. The van der Waals surface area contributed by atoms with Gasteiger partial charge in [0.15, 0.2) is 0 Å². The highest BCUT2D eigenvalue weighted by Crippen LogP contribution is 1.86. The molecule has 9 heavy (non-hydrogen) atoms. The van der Waals surface area contributed by atoms with Crippen LogP contribution in [-0.2, 0) is 0 Å². The number of nitrogens with two attached hydrogens (primary N) is 2. The van der Waals surface area contributed by atoms with Gasteiger partial charge in [-0.15, -0.1) is 0 Å². The van der Waals surface area contributed by atoms with Gasteiger partial charge in [-0.3, -0.25) is 0 Å². The van der Waals surface area contributed by atoms with Crippen molar-refractivity contribution in [2.45, 2.75) is 26.3 Å². The summed E-state index contributed by atoms with van der Waals surface area (Å²) in [7, 11) is 2.11. The molecule has 0 bridgehead atoms. The van der Waals surface area contributed by atoms with E-state index >= 15 is 0 Å².